The molecule has 0 aromatic rings. The predicted octanol–water partition coefficient (Wildman–Crippen LogP) is 0.808. The molecule has 1 radical (unpaired) electrons. The van der Waals surface area contributed by atoms with Crippen LogP contribution in [0.3, 0.4) is 0 Å². The monoisotopic (exact) mass is 249 g/mol. The first-order valence-electron chi connectivity index (χ1n) is 5.79. The van der Waals surface area contributed by atoms with Crippen molar-refractivity contribution in [3.8, 4) is 0 Å². The van der Waals surface area contributed by atoms with Gasteiger partial charge in [-0.05, 0) is 24.8 Å². The van der Waals surface area contributed by atoms with Crippen molar-refractivity contribution >= 4 is 7.60 Å². The third-order valence-electron chi connectivity index (χ3n) is 3.58. The third kappa shape index (κ3) is 3.54. The summed E-state index contributed by atoms with van der Waals surface area (Å²) in [7, 11) is -4.11. The second-order valence-corrected chi connectivity index (χ2v) is 6.41. The fraction of sp³-hybridized carbons (Fsp3) is 0.900. The zero-order valence-electron chi connectivity index (χ0n) is 9.46. The third-order valence-corrected chi connectivity index (χ3v) is 5.04. The molecule has 1 saturated carbocycles. The summed E-state index contributed by atoms with van der Waals surface area (Å²) in [5.41, 5.74) is 10.3. The van der Waals surface area contributed by atoms with Crippen molar-refractivity contribution in [2.45, 2.75) is 37.8 Å². The SMILES string of the molecule is N[CH]CC(C(CN)C1CCCC1)P(=O)(O)O. The average Bonchev–Trinajstić information content (AvgIpc) is 2.69. The molecule has 1 rings (SSSR count). The molecule has 0 aliphatic heterocycles. The van der Waals surface area contributed by atoms with Crippen LogP contribution in [0.15, 0.2) is 0 Å². The average molecular weight is 249 g/mol. The van der Waals surface area contributed by atoms with Crippen molar-refractivity contribution in [1.82, 2.24) is 0 Å². The number of rotatable bonds is 6. The number of hydrogen-bond donors (Lipinski definition) is 4. The van der Waals surface area contributed by atoms with E-state index < -0.39 is 13.3 Å². The Hall–Kier alpha value is 0.0700. The summed E-state index contributed by atoms with van der Waals surface area (Å²) >= 11 is 0. The highest BCUT2D eigenvalue weighted by molar-refractivity contribution is 7.52. The smallest absolute Gasteiger partial charge is 0.329 e. The minimum Gasteiger partial charge on any atom is -0.330 e. The summed E-state index contributed by atoms with van der Waals surface area (Å²) in [4.78, 5) is 18.7. The Morgan fingerprint density at radius 2 is 1.94 bits per heavy atom. The molecular weight excluding hydrogens is 227 g/mol. The maximum atomic E-state index is 11.4. The number of nitrogens with two attached hydrogens (primary N) is 2. The first-order chi connectivity index (χ1) is 7.50. The Balaban J connectivity index is 2.76. The molecule has 1 fully saturated rings. The Morgan fingerprint density at radius 3 is 2.31 bits per heavy atom. The molecule has 0 aromatic heterocycles. The molecule has 2 atom stereocenters. The standard InChI is InChI=1S/C10H22N2O3P/c11-6-5-10(16(13,14)15)9(7-12)8-3-1-2-4-8/h6,8-10H,1-5,7,11-12H2,(H2,13,14,15). The van der Waals surface area contributed by atoms with Crippen molar-refractivity contribution in [1.29, 1.82) is 0 Å². The van der Waals surface area contributed by atoms with Crippen LogP contribution in [0.1, 0.15) is 32.1 Å². The second kappa shape index (κ2) is 6.12. The van der Waals surface area contributed by atoms with Gasteiger partial charge in [0.25, 0.3) is 0 Å². The van der Waals surface area contributed by atoms with Crippen LogP contribution in [-0.2, 0) is 4.57 Å². The van der Waals surface area contributed by atoms with Crippen molar-refractivity contribution in [2.24, 2.45) is 23.3 Å². The lowest BCUT2D eigenvalue weighted by atomic mass is 9.86. The van der Waals surface area contributed by atoms with E-state index in [4.69, 9.17) is 11.5 Å². The minimum atomic E-state index is -4.11. The summed E-state index contributed by atoms with van der Waals surface area (Å²) in [5.74, 6) is 0.241. The molecule has 0 aromatic carbocycles. The van der Waals surface area contributed by atoms with Crippen LogP contribution in [0.25, 0.3) is 0 Å². The van der Waals surface area contributed by atoms with Gasteiger partial charge in [-0.1, -0.05) is 25.7 Å². The molecular formula is C10H22N2O3P. The molecule has 5 nitrogen and oxygen atoms in total. The molecule has 95 valence electrons. The Morgan fingerprint density at radius 1 is 1.38 bits per heavy atom. The van der Waals surface area contributed by atoms with E-state index >= 15 is 0 Å². The van der Waals surface area contributed by atoms with E-state index in [1.54, 1.807) is 0 Å². The Bertz CT molecular complexity index is 250. The second-order valence-electron chi connectivity index (χ2n) is 4.57. The maximum Gasteiger partial charge on any atom is 0.329 e. The first kappa shape index (κ1) is 14.1. The van der Waals surface area contributed by atoms with E-state index in [-0.39, 0.29) is 12.3 Å². The summed E-state index contributed by atoms with van der Waals surface area (Å²) in [6.45, 7) is 1.66. The van der Waals surface area contributed by atoms with Crippen LogP contribution in [0.2, 0.25) is 0 Å². The van der Waals surface area contributed by atoms with E-state index in [1.165, 1.54) is 6.54 Å². The quantitative estimate of drug-likeness (QED) is 0.521. The van der Waals surface area contributed by atoms with Gasteiger partial charge in [-0.25, -0.2) is 0 Å². The van der Waals surface area contributed by atoms with Crippen LogP contribution >= 0.6 is 7.60 Å². The molecule has 2 unspecified atom stereocenters. The van der Waals surface area contributed by atoms with E-state index in [0.717, 1.165) is 25.7 Å². The fourth-order valence-electron chi connectivity index (χ4n) is 2.75. The van der Waals surface area contributed by atoms with Crippen molar-refractivity contribution in [3.05, 3.63) is 6.54 Å². The highest BCUT2D eigenvalue weighted by atomic mass is 31.2. The van der Waals surface area contributed by atoms with Gasteiger partial charge in [-0.3, -0.25) is 4.57 Å². The molecule has 1 aliphatic carbocycles. The molecule has 6 heteroatoms. The Labute approximate surface area is 96.7 Å². The molecule has 6 N–H and O–H groups in total. The Kier molecular flexibility index (Phi) is 5.41. The normalized spacial score (nSPS) is 22.2. The van der Waals surface area contributed by atoms with Gasteiger partial charge in [0, 0.05) is 6.54 Å². The van der Waals surface area contributed by atoms with Gasteiger partial charge >= 0.3 is 7.60 Å². The zero-order chi connectivity index (χ0) is 12.2. The van der Waals surface area contributed by atoms with Gasteiger partial charge in [-0.2, -0.15) is 0 Å². The topological polar surface area (TPSA) is 110 Å². The highest BCUT2D eigenvalue weighted by Crippen LogP contribution is 2.50. The highest BCUT2D eigenvalue weighted by Gasteiger charge is 2.39. The number of hydrogen-bond acceptors (Lipinski definition) is 3. The van der Waals surface area contributed by atoms with Gasteiger partial charge in [0.15, 0.2) is 0 Å². The van der Waals surface area contributed by atoms with Gasteiger partial charge in [0.05, 0.1) is 5.66 Å². The zero-order valence-corrected chi connectivity index (χ0v) is 10.4. The van der Waals surface area contributed by atoms with Crippen LogP contribution in [-0.4, -0.2) is 22.0 Å². The predicted molar refractivity (Wildman–Crippen MR) is 63.4 cm³/mol. The molecule has 0 amide bonds. The minimum absolute atomic E-state index is 0.108. The summed E-state index contributed by atoms with van der Waals surface area (Å²) in [6.07, 6.45) is 4.58. The lowest BCUT2D eigenvalue weighted by Crippen LogP contribution is -2.34. The summed E-state index contributed by atoms with van der Waals surface area (Å²) in [6, 6.07) is 0. The van der Waals surface area contributed by atoms with E-state index in [2.05, 4.69) is 0 Å². The molecule has 0 heterocycles. The lowest BCUT2D eigenvalue weighted by Gasteiger charge is -2.30. The van der Waals surface area contributed by atoms with Gasteiger partial charge in [-0.15, -0.1) is 0 Å². The molecule has 0 spiro atoms. The molecule has 1 aliphatic rings. The lowest BCUT2D eigenvalue weighted by molar-refractivity contribution is 0.279. The van der Waals surface area contributed by atoms with Gasteiger partial charge in [0.1, 0.15) is 0 Å². The van der Waals surface area contributed by atoms with Gasteiger partial charge < -0.3 is 21.3 Å². The summed E-state index contributed by atoms with van der Waals surface area (Å²) in [5, 5.41) is 0. The maximum absolute atomic E-state index is 11.4. The first-order valence-corrected chi connectivity index (χ1v) is 7.47. The largest absolute Gasteiger partial charge is 0.330 e. The van der Waals surface area contributed by atoms with E-state index in [9.17, 15) is 14.4 Å². The van der Waals surface area contributed by atoms with E-state index in [0.29, 0.717) is 12.5 Å². The van der Waals surface area contributed by atoms with E-state index in [1.807, 2.05) is 0 Å². The van der Waals surface area contributed by atoms with Crippen LogP contribution in [0, 0.1) is 18.4 Å². The van der Waals surface area contributed by atoms with Crippen molar-refractivity contribution < 1.29 is 14.4 Å². The van der Waals surface area contributed by atoms with Crippen molar-refractivity contribution in [3.63, 3.8) is 0 Å². The fourth-order valence-corrected chi connectivity index (χ4v) is 4.01. The van der Waals surface area contributed by atoms with Crippen LogP contribution in [0.4, 0.5) is 0 Å². The van der Waals surface area contributed by atoms with Crippen molar-refractivity contribution in [2.75, 3.05) is 6.54 Å². The summed E-state index contributed by atoms with van der Waals surface area (Å²) < 4.78 is 11.4. The molecule has 16 heavy (non-hydrogen) atoms. The van der Waals surface area contributed by atoms with Crippen LogP contribution < -0.4 is 11.5 Å². The van der Waals surface area contributed by atoms with Crippen LogP contribution in [0.5, 0.6) is 0 Å². The van der Waals surface area contributed by atoms with Gasteiger partial charge in [0.2, 0.25) is 0 Å². The molecule has 0 saturated heterocycles. The molecule has 0 bridgehead atoms.